The van der Waals surface area contributed by atoms with E-state index in [4.69, 9.17) is 16.3 Å². The minimum absolute atomic E-state index is 0.0956. The number of para-hydroxylation sites is 1. The van der Waals surface area contributed by atoms with Crippen molar-refractivity contribution < 1.29 is 14.8 Å². The number of carbonyl (C=O) groups excluding carboxylic acids is 1. The standard InChI is InChI=1S/C20H19ClN2O2/c21-17-7-3-1-5-13(17)15(11-23-19-9-10-25-20(19)24)16-12-22-18-8-4-2-6-14(16)18/h1-8,12,15,19,22-23H,9-11H2/p+1/t15-,19-/m1/s1. The van der Waals surface area contributed by atoms with Gasteiger partial charge in [0, 0.05) is 28.5 Å². The van der Waals surface area contributed by atoms with Crippen molar-refractivity contribution in [2.75, 3.05) is 13.2 Å². The number of carbonyl (C=O) groups is 1. The first-order chi connectivity index (χ1) is 12.2. The van der Waals surface area contributed by atoms with Crippen molar-refractivity contribution in [3.05, 3.63) is 70.9 Å². The maximum atomic E-state index is 11.8. The van der Waals surface area contributed by atoms with Crippen LogP contribution in [0.4, 0.5) is 0 Å². The Morgan fingerprint density at radius 1 is 1.16 bits per heavy atom. The molecule has 4 nitrogen and oxygen atoms in total. The highest BCUT2D eigenvalue weighted by atomic mass is 35.5. The molecule has 1 aliphatic rings. The summed E-state index contributed by atoms with van der Waals surface area (Å²) < 4.78 is 5.09. The first kappa shape index (κ1) is 16.2. The highest BCUT2D eigenvalue weighted by Gasteiger charge is 2.32. The molecule has 3 N–H and O–H groups in total. The van der Waals surface area contributed by atoms with Gasteiger partial charge in [-0.25, -0.2) is 4.79 Å². The predicted molar refractivity (Wildman–Crippen MR) is 97.8 cm³/mol. The second-order valence-electron chi connectivity index (χ2n) is 6.40. The molecule has 0 bridgehead atoms. The van der Waals surface area contributed by atoms with Crippen molar-refractivity contribution in [1.82, 2.24) is 4.98 Å². The molecule has 0 amide bonds. The molecule has 0 saturated carbocycles. The Kier molecular flexibility index (Phi) is 4.47. The van der Waals surface area contributed by atoms with E-state index in [0.29, 0.717) is 6.61 Å². The summed E-state index contributed by atoms with van der Waals surface area (Å²) in [6.07, 6.45) is 2.82. The number of H-pyrrole nitrogens is 1. The summed E-state index contributed by atoms with van der Waals surface area (Å²) in [5.74, 6) is -0.0184. The van der Waals surface area contributed by atoms with Gasteiger partial charge in [0.1, 0.15) is 0 Å². The van der Waals surface area contributed by atoms with Crippen LogP contribution in [-0.4, -0.2) is 30.1 Å². The Balaban J connectivity index is 1.71. The van der Waals surface area contributed by atoms with E-state index in [1.807, 2.05) is 30.3 Å². The van der Waals surface area contributed by atoms with Crippen LogP contribution in [0.1, 0.15) is 23.5 Å². The summed E-state index contributed by atoms with van der Waals surface area (Å²) in [4.78, 5) is 15.1. The minimum atomic E-state index is -0.116. The fraction of sp³-hybridized carbons (Fsp3) is 0.250. The predicted octanol–water partition coefficient (Wildman–Crippen LogP) is 2.83. The molecular formula is C20H20ClN2O2+. The Hall–Kier alpha value is -2.30. The molecule has 0 unspecified atom stereocenters. The van der Waals surface area contributed by atoms with E-state index >= 15 is 0 Å². The summed E-state index contributed by atoms with van der Waals surface area (Å²) in [7, 11) is 0. The number of nitrogens with one attached hydrogen (secondary N) is 1. The summed E-state index contributed by atoms with van der Waals surface area (Å²) in [6.45, 7) is 1.26. The lowest BCUT2D eigenvalue weighted by Gasteiger charge is -2.18. The van der Waals surface area contributed by atoms with Gasteiger partial charge in [-0.1, -0.05) is 48.0 Å². The Labute approximate surface area is 151 Å². The molecule has 2 aromatic carbocycles. The van der Waals surface area contributed by atoms with Gasteiger partial charge in [-0.15, -0.1) is 0 Å². The zero-order valence-corrected chi connectivity index (χ0v) is 14.5. The number of fused-ring (bicyclic) bond motifs is 1. The Bertz CT molecular complexity index is 905. The van der Waals surface area contributed by atoms with Gasteiger partial charge in [-0.05, 0) is 23.3 Å². The van der Waals surface area contributed by atoms with E-state index in [2.05, 4.69) is 34.7 Å². The highest BCUT2D eigenvalue weighted by Crippen LogP contribution is 2.33. The zero-order valence-electron chi connectivity index (χ0n) is 13.7. The second-order valence-corrected chi connectivity index (χ2v) is 6.80. The van der Waals surface area contributed by atoms with Crippen molar-refractivity contribution >= 4 is 28.5 Å². The maximum Gasteiger partial charge on any atom is 0.364 e. The Morgan fingerprint density at radius 3 is 2.76 bits per heavy atom. The topological polar surface area (TPSA) is 58.7 Å². The van der Waals surface area contributed by atoms with Crippen LogP contribution in [-0.2, 0) is 9.53 Å². The van der Waals surface area contributed by atoms with E-state index in [1.54, 1.807) is 0 Å². The van der Waals surface area contributed by atoms with Crippen molar-refractivity contribution in [2.45, 2.75) is 18.4 Å². The molecule has 3 aromatic rings. The number of hydrogen-bond acceptors (Lipinski definition) is 2. The SMILES string of the molecule is O=C1OCC[C@H]1[NH2+]C[C@H](c1ccccc1Cl)c1c[nH]c2ccccc12. The average Bonchev–Trinajstić information content (AvgIpc) is 3.23. The van der Waals surface area contributed by atoms with Gasteiger partial charge in [-0.3, -0.25) is 0 Å². The fourth-order valence-electron chi connectivity index (χ4n) is 3.59. The first-order valence-electron chi connectivity index (χ1n) is 8.54. The molecular weight excluding hydrogens is 336 g/mol. The van der Waals surface area contributed by atoms with Crippen LogP contribution in [0, 0.1) is 0 Å². The Morgan fingerprint density at radius 2 is 1.96 bits per heavy atom. The number of cyclic esters (lactones) is 1. The smallest absolute Gasteiger partial charge is 0.364 e. The van der Waals surface area contributed by atoms with E-state index in [-0.39, 0.29) is 17.9 Å². The quantitative estimate of drug-likeness (QED) is 0.691. The third kappa shape index (κ3) is 3.15. The maximum absolute atomic E-state index is 11.8. The van der Waals surface area contributed by atoms with Gasteiger partial charge in [0.25, 0.3) is 0 Å². The van der Waals surface area contributed by atoms with E-state index in [0.717, 1.165) is 29.1 Å². The van der Waals surface area contributed by atoms with Gasteiger partial charge < -0.3 is 15.0 Å². The normalized spacial score (nSPS) is 18.4. The van der Waals surface area contributed by atoms with Crippen LogP contribution in [0.15, 0.2) is 54.7 Å². The van der Waals surface area contributed by atoms with Crippen LogP contribution < -0.4 is 5.32 Å². The molecule has 128 valence electrons. The van der Waals surface area contributed by atoms with Gasteiger partial charge in [0.15, 0.2) is 6.04 Å². The number of halogens is 1. The molecule has 2 heterocycles. The number of quaternary nitrogens is 1. The third-order valence-electron chi connectivity index (χ3n) is 4.91. The van der Waals surface area contributed by atoms with Crippen molar-refractivity contribution in [3.63, 3.8) is 0 Å². The van der Waals surface area contributed by atoms with Crippen LogP contribution in [0.25, 0.3) is 10.9 Å². The zero-order chi connectivity index (χ0) is 17.2. The van der Waals surface area contributed by atoms with Crippen molar-refractivity contribution in [3.8, 4) is 0 Å². The lowest BCUT2D eigenvalue weighted by Crippen LogP contribution is -2.92. The minimum Gasteiger partial charge on any atom is -0.461 e. The van der Waals surface area contributed by atoms with Crippen molar-refractivity contribution in [2.24, 2.45) is 0 Å². The molecule has 0 spiro atoms. The molecule has 5 heteroatoms. The van der Waals surface area contributed by atoms with Crippen LogP contribution in [0.2, 0.25) is 5.02 Å². The number of rotatable bonds is 5. The number of esters is 1. The molecule has 25 heavy (non-hydrogen) atoms. The lowest BCUT2D eigenvalue weighted by molar-refractivity contribution is -0.677. The fourth-order valence-corrected chi connectivity index (χ4v) is 3.85. The number of aromatic nitrogens is 1. The number of benzene rings is 2. The van der Waals surface area contributed by atoms with Crippen LogP contribution >= 0.6 is 11.6 Å². The first-order valence-corrected chi connectivity index (χ1v) is 8.92. The van der Waals surface area contributed by atoms with E-state index in [9.17, 15) is 4.79 Å². The number of hydrogen-bond donors (Lipinski definition) is 2. The number of ether oxygens (including phenoxy) is 1. The number of nitrogens with two attached hydrogens (primary N) is 1. The summed E-state index contributed by atoms with van der Waals surface area (Å²) >= 11 is 6.50. The third-order valence-corrected chi connectivity index (χ3v) is 5.25. The summed E-state index contributed by atoms with van der Waals surface area (Å²) in [5, 5.41) is 4.03. The largest absolute Gasteiger partial charge is 0.461 e. The molecule has 1 aliphatic heterocycles. The highest BCUT2D eigenvalue weighted by molar-refractivity contribution is 6.31. The van der Waals surface area contributed by atoms with Crippen molar-refractivity contribution in [1.29, 1.82) is 0 Å². The molecule has 0 radical (unpaired) electrons. The van der Waals surface area contributed by atoms with Gasteiger partial charge in [0.2, 0.25) is 0 Å². The van der Waals surface area contributed by atoms with E-state index < -0.39 is 0 Å². The van der Waals surface area contributed by atoms with Gasteiger partial charge in [-0.2, -0.15) is 0 Å². The molecule has 0 aliphatic carbocycles. The van der Waals surface area contributed by atoms with Gasteiger partial charge in [0.05, 0.1) is 19.1 Å². The molecule has 1 saturated heterocycles. The summed E-state index contributed by atoms with van der Waals surface area (Å²) in [5.41, 5.74) is 3.39. The second kappa shape index (κ2) is 6.90. The van der Waals surface area contributed by atoms with Crippen LogP contribution in [0.3, 0.4) is 0 Å². The summed E-state index contributed by atoms with van der Waals surface area (Å²) in [6, 6.07) is 16.1. The molecule has 1 aromatic heterocycles. The van der Waals surface area contributed by atoms with Gasteiger partial charge >= 0.3 is 5.97 Å². The monoisotopic (exact) mass is 355 g/mol. The average molecular weight is 356 g/mol. The van der Waals surface area contributed by atoms with Crippen LogP contribution in [0.5, 0.6) is 0 Å². The lowest BCUT2D eigenvalue weighted by atomic mass is 9.90. The molecule has 1 fully saturated rings. The molecule has 4 rings (SSSR count). The molecule has 2 atom stereocenters. The number of aromatic amines is 1. The van der Waals surface area contributed by atoms with E-state index in [1.165, 1.54) is 10.9 Å².